The number of hydrogen-bond acceptors (Lipinski definition) is 5. The van der Waals surface area contributed by atoms with E-state index in [2.05, 4.69) is 10.3 Å². The summed E-state index contributed by atoms with van der Waals surface area (Å²) in [6.45, 7) is 7.96. The van der Waals surface area contributed by atoms with E-state index in [1.54, 1.807) is 0 Å². The van der Waals surface area contributed by atoms with Crippen LogP contribution in [-0.2, 0) is 9.31 Å². The minimum atomic E-state index is -0.703. The fourth-order valence-corrected chi connectivity index (χ4v) is 1.88. The topological polar surface area (TPSA) is 63.6 Å². The van der Waals surface area contributed by atoms with Crippen molar-refractivity contribution in [1.29, 1.82) is 0 Å². The molecule has 0 spiro atoms. The van der Waals surface area contributed by atoms with Crippen LogP contribution >= 0.6 is 0 Å². The summed E-state index contributed by atoms with van der Waals surface area (Å²) in [6.07, 6.45) is 0. The molecule has 110 valence electrons. The zero-order valence-electron chi connectivity index (χ0n) is 12.2. The van der Waals surface area contributed by atoms with Crippen LogP contribution in [0.5, 0.6) is 0 Å². The maximum absolute atomic E-state index is 13.6. The molecule has 2 heterocycles. The Bertz CT molecular complexity index is 481. The van der Waals surface area contributed by atoms with E-state index in [1.165, 1.54) is 12.1 Å². The quantitative estimate of drug-likeness (QED) is 0.804. The van der Waals surface area contributed by atoms with Gasteiger partial charge in [0, 0.05) is 12.6 Å². The van der Waals surface area contributed by atoms with Gasteiger partial charge in [0.05, 0.1) is 23.4 Å². The summed E-state index contributed by atoms with van der Waals surface area (Å²) in [5, 5.41) is 11.6. The van der Waals surface area contributed by atoms with Crippen molar-refractivity contribution in [3.8, 4) is 0 Å². The minimum absolute atomic E-state index is 0.0516. The molecule has 0 atom stereocenters. The predicted octanol–water partition coefficient (Wildman–Crippen LogP) is 0.924. The lowest BCUT2D eigenvalue weighted by Gasteiger charge is -2.32. The largest absolute Gasteiger partial charge is 0.514 e. The molecule has 0 unspecified atom stereocenters. The molecule has 2 rings (SSSR count). The van der Waals surface area contributed by atoms with Crippen LogP contribution in [0.1, 0.15) is 27.7 Å². The van der Waals surface area contributed by atoms with Crippen molar-refractivity contribution >= 4 is 18.5 Å². The summed E-state index contributed by atoms with van der Waals surface area (Å²) >= 11 is 0. The first-order chi connectivity index (χ1) is 9.25. The molecule has 1 fully saturated rings. The first-order valence-corrected chi connectivity index (χ1v) is 6.63. The molecule has 5 nitrogen and oxygen atoms in total. The molecule has 1 aromatic rings. The van der Waals surface area contributed by atoms with Gasteiger partial charge in [-0.3, -0.25) is 0 Å². The number of hydrogen-bond donors (Lipinski definition) is 2. The van der Waals surface area contributed by atoms with E-state index in [9.17, 15) is 4.39 Å². The second-order valence-corrected chi connectivity index (χ2v) is 5.83. The van der Waals surface area contributed by atoms with Gasteiger partial charge >= 0.3 is 7.12 Å². The molecule has 0 radical (unpaired) electrons. The average molecular weight is 282 g/mol. The van der Waals surface area contributed by atoms with Crippen LogP contribution < -0.4 is 10.9 Å². The predicted molar refractivity (Wildman–Crippen MR) is 75.5 cm³/mol. The van der Waals surface area contributed by atoms with Gasteiger partial charge in [-0.1, -0.05) is 0 Å². The smallest absolute Gasteiger partial charge is 0.398 e. The van der Waals surface area contributed by atoms with Crippen molar-refractivity contribution in [3.05, 3.63) is 17.9 Å². The lowest BCUT2D eigenvalue weighted by molar-refractivity contribution is 0.00578. The van der Waals surface area contributed by atoms with Crippen LogP contribution in [0.15, 0.2) is 12.1 Å². The zero-order chi connectivity index (χ0) is 15.0. The van der Waals surface area contributed by atoms with Gasteiger partial charge in [-0.15, -0.1) is 0 Å². The third kappa shape index (κ3) is 2.94. The van der Waals surface area contributed by atoms with Gasteiger partial charge in [0.15, 0.2) is 0 Å². The summed E-state index contributed by atoms with van der Waals surface area (Å²) in [7, 11) is -0.703. The van der Waals surface area contributed by atoms with Crippen LogP contribution in [0, 0.1) is 5.82 Å². The van der Waals surface area contributed by atoms with Gasteiger partial charge in [-0.25, -0.2) is 9.37 Å². The third-order valence-corrected chi connectivity index (χ3v) is 3.72. The molecular weight excluding hydrogens is 262 g/mol. The number of nitrogens with zero attached hydrogens (tertiary/aromatic N) is 1. The Kier molecular flexibility index (Phi) is 4.04. The highest BCUT2D eigenvalue weighted by Gasteiger charge is 2.52. The number of halogens is 1. The maximum atomic E-state index is 13.6. The number of aromatic nitrogens is 1. The van der Waals surface area contributed by atoms with E-state index in [4.69, 9.17) is 14.4 Å². The monoisotopic (exact) mass is 282 g/mol. The highest BCUT2D eigenvalue weighted by molar-refractivity contribution is 6.61. The van der Waals surface area contributed by atoms with Gasteiger partial charge in [0.1, 0.15) is 11.6 Å². The molecular formula is C13H20BFN2O3. The summed E-state index contributed by atoms with van der Waals surface area (Å²) in [5.74, 6) is -0.0751. The standard InChI is InChI=1S/C13H20BFN2O3/c1-12(2)13(3,4)20-14(19-12)10-7-9(15)8-11(17-10)16-5-6-18/h7-8,18H,5-6H2,1-4H3,(H,16,17). The van der Waals surface area contributed by atoms with Crippen molar-refractivity contribution < 1.29 is 18.8 Å². The molecule has 0 amide bonds. The molecule has 2 N–H and O–H groups in total. The third-order valence-electron chi connectivity index (χ3n) is 3.72. The van der Waals surface area contributed by atoms with Crippen LogP contribution in [0.3, 0.4) is 0 Å². The van der Waals surface area contributed by atoms with Crippen LogP contribution in [0.2, 0.25) is 0 Å². The van der Waals surface area contributed by atoms with Crippen molar-refractivity contribution in [2.75, 3.05) is 18.5 Å². The Morgan fingerprint density at radius 3 is 2.40 bits per heavy atom. The molecule has 0 saturated carbocycles. The molecule has 1 aliphatic heterocycles. The van der Waals surface area contributed by atoms with Crippen molar-refractivity contribution in [3.63, 3.8) is 0 Å². The number of aliphatic hydroxyl groups is 1. The second-order valence-electron chi connectivity index (χ2n) is 5.83. The van der Waals surface area contributed by atoms with Crippen molar-refractivity contribution in [1.82, 2.24) is 4.98 Å². The lowest BCUT2D eigenvalue weighted by atomic mass is 9.84. The highest BCUT2D eigenvalue weighted by Crippen LogP contribution is 2.36. The van der Waals surface area contributed by atoms with E-state index in [-0.39, 0.29) is 6.61 Å². The fourth-order valence-electron chi connectivity index (χ4n) is 1.88. The molecule has 0 aromatic carbocycles. The normalized spacial score (nSPS) is 20.2. The van der Waals surface area contributed by atoms with Gasteiger partial charge in [0.25, 0.3) is 0 Å². The SMILES string of the molecule is CC1(C)OB(c2cc(F)cc(NCCO)n2)OC1(C)C. The molecule has 1 aliphatic rings. The van der Waals surface area contributed by atoms with Crippen molar-refractivity contribution in [2.24, 2.45) is 0 Å². The van der Waals surface area contributed by atoms with E-state index >= 15 is 0 Å². The fraction of sp³-hybridized carbons (Fsp3) is 0.615. The number of anilines is 1. The zero-order valence-corrected chi connectivity index (χ0v) is 12.2. The number of nitrogens with one attached hydrogen (secondary N) is 1. The maximum Gasteiger partial charge on any atom is 0.514 e. The van der Waals surface area contributed by atoms with E-state index in [0.717, 1.165) is 0 Å². The Hall–Kier alpha value is -1.18. The summed E-state index contributed by atoms with van der Waals surface area (Å²) in [6, 6.07) is 2.57. The first kappa shape index (κ1) is 15.2. The Morgan fingerprint density at radius 1 is 1.25 bits per heavy atom. The molecule has 1 aromatic heterocycles. The van der Waals surface area contributed by atoms with Gasteiger partial charge < -0.3 is 19.7 Å². The molecule has 7 heteroatoms. The number of rotatable bonds is 4. The van der Waals surface area contributed by atoms with Gasteiger partial charge in [-0.05, 0) is 33.8 Å². The Morgan fingerprint density at radius 2 is 1.85 bits per heavy atom. The van der Waals surface area contributed by atoms with Crippen LogP contribution in [0.4, 0.5) is 10.2 Å². The number of pyridine rings is 1. The van der Waals surface area contributed by atoms with E-state index < -0.39 is 24.1 Å². The summed E-state index contributed by atoms with van der Waals surface area (Å²) in [5.41, 5.74) is -0.613. The van der Waals surface area contributed by atoms with Crippen LogP contribution in [0.25, 0.3) is 0 Å². The average Bonchev–Trinajstić information content (AvgIpc) is 2.55. The summed E-state index contributed by atoms with van der Waals surface area (Å²) < 4.78 is 25.3. The molecule has 1 saturated heterocycles. The van der Waals surface area contributed by atoms with E-state index in [0.29, 0.717) is 18.0 Å². The van der Waals surface area contributed by atoms with Crippen LogP contribution in [-0.4, -0.2) is 41.6 Å². The Labute approximate surface area is 118 Å². The van der Waals surface area contributed by atoms with Gasteiger partial charge in [-0.2, -0.15) is 0 Å². The molecule has 20 heavy (non-hydrogen) atoms. The minimum Gasteiger partial charge on any atom is -0.398 e. The highest BCUT2D eigenvalue weighted by atomic mass is 19.1. The molecule has 0 aliphatic carbocycles. The lowest BCUT2D eigenvalue weighted by Crippen LogP contribution is -2.41. The van der Waals surface area contributed by atoms with Crippen molar-refractivity contribution in [2.45, 2.75) is 38.9 Å². The summed E-state index contributed by atoms with van der Waals surface area (Å²) in [4.78, 5) is 4.27. The van der Waals surface area contributed by atoms with E-state index in [1.807, 2.05) is 27.7 Å². The van der Waals surface area contributed by atoms with Gasteiger partial charge in [0.2, 0.25) is 0 Å². The molecule has 0 bridgehead atoms. The second kappa shape index (κ2) is 5.31. The first-order valence-electron chi connectivity index (χ1n) is 6.63. The number of aliphatic hydroxyl groups excluding tert-OH is 1. The Balaban J connectivity index is 2.23.